The Bertz CT molecular complexity index is 374. The Morgan fingerprint density at radius 2 is 2.05 bits per heavy atom. The Kier molecular flexibility index (Phi) is 7.28. The van der Waals surface area contributed by atoms with E-state index in [1.807, 2.05) is 0 Å². The molecular weight excluding hydrogens is 258 g/mol. The topological polar surface area (TPSA) is 29.9 Å². The van der Waals surface area contributed by atoms with E-state index >= 15 is 0 Å². The van der Waals surface area contributed by atoms with Crippen LogP contribution in [0.2, 0.25) is 0 Å². The van der Waals surface area contributed by atoms with Crippen LogP contribution in [-0.2, 0) is 6.42 Å². The number of rotatable bonds is 9. The van der Waals surface area contributed by atoms with Crippen LogP contribution in [0.15, 0.2) is 12.3 Å². The first kappa shape index (κ1) is 16.5. The molecule has 0 bridgehead atoms. The summed E-state index contributed by atoms with van der Waals surface area (Å²) in [6.45, 7) is 5.56. The summed E-state index contributed by atoms with van der Waals surface area (Å²) in [6.07, 6.45) is 15.2. The van der Waals surface area contributed by atoms with E-state index in [2.05, 4.69) is 36.1 Å². The number of aryl methyl sites for hydroxylation is 1. The monoisotopic (exact) mass is 291 g/mol. The lowest BCUT2D eigenvalue weighted by Gasteiger charge is -2.21. The molecule has 1 atom stereocenters. The molecule has 3 heteroatoms. The molecular formula is C18H33N3. The van der Waals surface area contributed by atoms with Gasteiger partial charge in [-0.25, -0.2) is 0 Å². The average molecular weight is 291 g/mol. The van der Waals surface area contributed by atoms with Gasteiger partial charge in [0.25, 0.3) is 0 Å². The summed E-state index contributed by atoms with van der Waals surface area (Å²) in [5.41, 5.74) is 1.28. The van der Waals surface area contributed by atoms with E-state index in [0.29, 0.717) is 12.1 Å². The normalized spacial score (nSPS) is 18.0. The molecule has 0 aliphatic heterocycles. The van der Waals surface area contributed by atoms with Gasteiger partial charge in [0.1, 0.15) is 0 Å². The fourth-order valence-corrected chi connectivity index (χ4v) is 3.57. The van der Waals surface area contributed by atoms with E-state index < -0.39 is 0 Å². The van der Waals surface area contributed by atoms with Crippen molar-refractivity contribution in [1.29, 1.82) is 0 Å². The fraction of sp³-hybridized carbons (Fsp3) is 0.833. The number of aromatic nitrogens is 2. The second-order valence-corrected chi connectivity index (χ2v) is 6.51. The number of hydrogen-bond acceptors (Lipinski definition) is 2. The van der Waals surface area contributed by atoms with Crippen LogP contribution in [-0.4, -0.2) is 22.4 Å². The third-order valence-electron chi connectivity index (χ3n) is 4.73. The predicted molar refractivity (Wildman–Crippen MR) is 89.7 cm³/mol. The zero-order chi connectivity index (χ0) is 14.9. The van der Waals surface area contributed by atoms with E-state index in [0.717, 1.165) is 13.0 Å². The van der Waals surface area contributed by atoms with Gasteiger partial charge in [-0.05, 0) is 51.1 Å². The van der Waals surface area contributed by atoms with Gasteiger partial charge in [-0.3, -0.25) is 4.68 Å². The molecule has 1 saturated carbocycles. The molecule has 0 amide bonds. The molecule has 3 nitrogen and oxygen atoms in total. The average Bonchev–Trinajstić information content (AvgIpc) is 2.97. The first-order chi connectivity index (χ1) is 10.3. The first-order valence-corrected chi connectivity index (χ1v) is 9.11. The molecule has 2 rings (SSSR count). The Balaban J connectivity index is 1.74. The van der Waals surface area contributed by atoms with Crippen molar-refractivity contribution >= 4 is 0 Å². The minimum absolute atomic E-state index is 0.669. The van der Waals surface area contributed by atoms with Gasteiger partial charge in [-0.2, -0.15) is 5.10 Å². The lowest BCUT2D eigenvalue weighted by atomic mass is 9.96. The van der Waals surface area contributed by atoms with Crippen molar-refractivity contribution in [2.75, 3.05) is 6.54 Å². The second-order valence-electron chi connectivity index (χ2n) is 6.51. The van der Waals surface area contributed by atoms with Crippen LogP contribution < -0.4 is 5.32 Å². The van der Waals surface area contributed by atoms with Crippen molar-refractivity contribution in [3.05, 3.63) is 18.0 Å². The second kappa shape index (κ2) is 9.24. The molecule has 0 radical (unpaired) electrons. The molecule has 21 heavy (non-hydrogen) atoms. The first-order valence-electron chi connectivity index (χ1n) is 9.11. The summed E-state index contributed by atoms with van der Waals surface area (Å²) in [7, 11) is 0. The molecule has 1 aliphatic rings. The molecule has 1 fully saturated rings. The Hall–Kier alpha value is -0.830. The van der Waals surface area contributed by atoms with Crippen LogP contribution in [0.5, 0.6) is 0 Å². The quantitative estimate of drug-likeness (QED) is 0.726. The summed E-state index contributed by atoms with van der Waals surface area (Å²) in [6, 6.07) is 3.60. The van der Waals surface area contributed by atoms with Crippen molar-refractivity contribution in [2.45, 2.75) is 90.1 Å². The molecule has 1 aliphatic carbocycles. The highest BCUT2D eigenvalue weighted by Gasteiger charge is 2.16. The molecule has 120 valence electrons. The third-order valence-corrected chi connectivity index (χ3v) is 4.73. The molecule has 1 unspecified atom stereocenters. The van der Waals surface area contributed by atoms with E-state index in [4.69, 9.17) is 5.10 Å². The summed E-state index contributed by atoms with van der Waals surface area (Å²) in [5, 5.41) is 8.42. The third kappa shape index (κ3) is 5.46. The SMILES string of the molecule is CCCC(CCCc1ccn(C2CCCCC2)n1)NCC. The number of hydrogen-bond donors (Lipinski definition) is 1. The standard InChI is InChI=1S/C18H33N3/c1-3-9-16(19-4-2)10-8-11-17-14-15-21(20-17)18-12-6-5-7-13-18/h14-16,18-19H,3-13H2,1-2H3. The van der Waals surface area contributed by atoms with Gasteiger partial charge in [-0.1, -0.05) is 39.5 Å². The van der Waals surface area contributed by atoms with Gasteiger partial charge in [0.2, 0.25) is 0 Å². The van der Waals surface area contributed by atoms with Gasteiger partial charge in [0, 0.05) is 12.2 Å². The Morgan fingerprint density at radius 3 is 2.76 bits per heavy atom. The molecule has 0 spiro atoms. The van der Waals surface area contributed by atoms with Crippen LogP contribution in [0.25, 0.3) is 0 Å². The van der Waals surface area contributed by atoms with Gasteiger partial charge in [-0.15, -0.1) is 0 Å². The van der Waals surface area contributed by atoms with Crippen molar-refractivity contribution in [3.8, 4) is 0 Å². The maximum absolute atomic E-state index is 4.82. The van der Waals surface area contributed by atoms with Crippen LogP contribution in [0.1, 0.15) is 83.4 Å². The zero-order valence-electron chi connectivity index (χ0n) is 14.0. The summed E-state index contributed by atoms with van der Waals surface area (Å²) in [4.78, 5) is 0. The van der Waals surface area contributed by atoms with Crippen LogP contribution in [0.3, 0.4) is 0 Å². The van der Waals surface area contributed by atoms with Crippen molar-refractivity contribution < 1.29 is 0 Å². The lowest BCUT2D eigenvalue weighted by molar-refractivity contribution is 0.328. The summed E-state index contributed by atoms with van der Waals surface area (Å²) < 4.78 is 2.24. The molecule has 0 saturated heterocycles. The van der Waals surface area contributed by atoms with Crippen LogP contribution in [0, 0.1) is 0 Å². The van der Waals surface area contributed by atoms with Crippen LogP contribution >= 0.6 is 0 Å². The lowest BCUT2D eigenvalue weighted by Crippen LogP contribution is -2.28. The summed E-state index contributed by atoms with van der Waals surface area (Å²) >= 11 is 0. The van der Waals surface area contributed by atoms with Gasteiger partial charge in [0.15, 0.2) is 0 Å². The van der Waals surface area contributed by atoms with E-state index in [1.54, 1.807) is 0 Å². The molecule has 1 aromatic heterocycles. The highest BCUT2D eigenvalue weighted by molar-refractivity contribution is 5.00. The molecule has 1 N–H and O–H groups in total. The fourth-order valence-electron chi connectivity index (χ4n) is 3.57. The highest BCUT2D eigenvalue weighted by Crippen LogP contribution is 2.27. The maximum atomic E-state index is 4.82. The largest absolute Gasteiger partial charge is 0.314 e. The van der Waals surface area contributed by atoms with E-state index in [9.17, 15) is 0 Å². The van der Waals surface area contributed by atoms with Crippen molar-refractivity contribution in [2.24, 2.45) is 0 Å². The van der Waals surface area contributed by atoms with Gasteiger partial charge >= 0.3 is 0 Å². The molecule has 0 aromatic carbocycles. The maximum Gasteiger partial charge on any atom is 0.0624 e. The van der Waals surface area contributed by atoms with Crippen molar-refractivity contribution in [3.63, 3.8) is 0 Å². The van der Waals surface area contributed by atoms with Crippen LogP contribution in [0.4, 0.5) is 0 Å². The summed E-state index contributed by atoms with van der Waals surface area (Å²) in [5.74, 6) is 0. The Labute approximate surface area is 130 Å². The van der Waals surface area contributed by atoms with E-state index in [1.165, 1.54) is 63.5 Å². The smallest absolute Gasteiger partial charge is 0.0624 e. The van der Waals surface area contributed by atoms with Gasteiger partial charge < -0.3 is 5.32 Å². The molecule has 1 aromatic rings. The predicted octanol–water partition coefficient (Wildman–Crippen LogP) is 4.49. The Morgan fingerprint density at radius 1 is 1.24 bits per heavy atom. The van der Waals surface area contributed by atoms with Crippen molar-refractivity contribution in [1.82, 2.24) is 15.1 Å². The van der Waals surface area contributed by atoms with Gasteiger partial charge in [0.05, 0.1) is 11.7 Å². The minimum atomic E-state index is 0.669. The molecule has 1 heterocycles. The number of nitrogens with zero attached hydrogens (tertiary/aromatic N) is 2. The number of nitrogens with one attached hydrogen (secondary N) is 1. The van der Waals surface area contributed by atoms with E-state index in [-0.39, 0.29) is 0 Å². The zero-order valence-corrected chi connectivity index (χ0v) is 14.0. The minimum Gasteiger partial charge on any atom is -0.314 e. The highest BCUT2D eigenvalue weighted by atomic mass is 15.3.